The van der Waals surface area contributed by atoms with E-state index in [2.05, 4.69) is 15.9 Å². The second kappa shape index (κ2) is 4.58. The third kappa shape index (κ3) is 3.34. The van der Waals surface area contributed by atoms with Gasteiger partial charge < -0.3 is 0 Å². The van der Waals surface area contributed by atoms with Gasteiger partial charge in [-0.05, 0) is 33.8 Å². The molecular weight excluding hydrogens is 318 g/mol. The quantitative estimate of drug-likeness (QED) is 0.356. The predicted octanol–water partition coefficient (Wildman–Crippen LogP) is 4.11. The smallest absolute Gasteiger partial charge is 0.258 e. The van der Waals surface area contributed by atoms with Crippen LogP contribution in [0.5, 0.6) is 0 Å². The van der Waals surface area contributed by atoms with Crippen molar-refractivity contribution in [1.82, 2.24) is 0 Å². The van der Waals surface area contributed by atoms with E-state index in [9.17, 15) is 27.7 Å². The summed E-state index contributed by atoms with van der Waals surface area (Å²) in [5.41, 5.74) is -5.50. The Balaban J connectivity index is 3.25. The van der Waals surface area contributed by atoms with Crippen molar-refractivity contribution in [2.24, 2.45) is 0 Å². The van der Waals surface area contributed by atoms with E-state index in [0.717, 1.165) is 0 Å². The molecule has 0 aliphatic heterocycles. The minimum atomic E-state index is -4.70. The van der Waals surface area contributed by atoms with Gasteiger partial charge in [-0.2, -0.15) is 13.2 Å². The number of hydrogen-bond acceptors (Lipinski definition) is 3. The maximum atomic E-state index is 12.9. The second-order valence-corrected chi connectivity index (χ2v) is 4.50. The standard InChI is InChI=1S/C7H2BrF4NO2S/c8-3-1-5(13(14)15)6(2-4(3)9)16-7(10,11)12/h1-2H. The van der Waals surface area contributed by atoms with Crippen molar-refractivity contribution in [1.29, 1.82) is 0 Å². The molecule has 0 heterocycles. The molecule has 1 aromatic carbocycles. The van der Waals surface area contributed by atoms with E-state index in [1.807, 2.05) is 0 Å². The molecule has 9 heteroatoms. The fraction of sp³-hybridized carbons (Fsp3) is 0.143. The van der Waals surface area contributed by atoms with Crippen LogP contribution in [-0.2, 0) is 0 Å². The van der Waals surface area contributed by atoms with Crippen molar-refractivity contribution >= 4 is 33.4 Å². The molecule has 0 atom stereocenters. The van der Waals surface area contributed by atoms with E-state index in [0.29, 0.717) is 12.1 Å². The Hall–Kier alpha value is -0.830. The molecule has 0 saturated carbocycles. The largest absolute Gasteiger partial charge is 0.446 e. The summed E-state index contributed by atoms with van der Waals surface area (Å²) >= 11 is 1.93. The van der Waals surface area contributed by atoms with Crippen molar-refractivity contribution in [2.75, 3.05) is 0 Å². The third-order valence-corrected chi connectivity index (χ3v) is 2.81. The first kappa shape index (κ1) is 13.2. The maximum absolute atomic E-state index is 12.9. The van der Waals surface area contributed by atoms with Crippen LogP contribution in [-0.4, -0.2) is 10.4 Å². The van der Waals surface area contributed by atoms with Gasteiger partial charge >= 0.3 is 5.51 Å². The normalized spacial score (nSPS) is 11.6. The van der Waals surface area contributed by atoms with Crippen LogP contribution in [0.4, 0.5) is 23.2 Å². The van der Waals surface area contributed by atoms with Crippen molar-refractivity contribution in [3.8, 4) is 0 Å². The monoisotopic (exact) mass is 319 g/mol. The highest BCUT2D eigenvalue weighted by atomic mass is 79.9. The van der Waals surface area contributed by atoms with Crippen LogP contribution in [0.25, 0.3) is 0 Å². The van der Waals surface area contributed by atoms with Crippen LogP contribution in [0, 0.1) is 15.9 Å². The molecule has 0 amide bonds. The van der Waals surface area contributed by atoms with Crippen LogP contribution >= 0.6 is 27.7 Å². The summed E-state index contributed by atoms with van der Waals surface area (Å²) in [6.07, 6.45) is 0. The van der Waals surface area contributed by atoms with Gasteiger partial charge in [0.05, 0.1) is 14.3 Å². The molecule has 16 heavy (non-hydrogen) atoms. The SMILES string of the molecule is O=[N+]([O-])c1cc(Br)c(F)cc1SC(F)(F)F. The Labute approximate surface area is 99.1 Å². The van der Waals surface area contributed by atoms with Crippen LogP contribution in [0.3, 0.4) is 0 Å². The fourth-order valence-electron chi connectivity index (χ4n) is 0.867. The van der Waals surface area contributed by atoms with Crippen molar-refractivity contribution in [2.45, 2.75) is 10.4 Å². The summed E-state index contributed by atoms with van der Waals surface area (Å²) in [5.74, 6) is -0.989. The lowest BCUT2D eigenvalue weighted by Crippen LogP contribution is -2.02. The average molecular weight is 320 g/mol. The molecule has 3 nitrogen and oxygen atoms in total. The Morgan fingerprint density at radius 1 is 1.38 bits per heavy atom. The molecule has 1 aromatic rings. The van der Waals surface area contributed by atoms with Gasteiger partial charge in [0.1, 0.15) is 5.82 Å². The zero-order chi connectivity index (χ0) is 12.5. The number of hydrogen-bond donors (Lipinski definition) is 0. The van der Waals surface area contributed by atoms with E-state index in [4.69, 9.17) is 0 Å². The number of thioether (sulfide) groups is 1. The number of nitrogens with zero attached hydrogens (tertiary/aromatic N) is 1. The van der Waals surface area contributed by atoms with Gasteiger partial charge in [0.15, 0.2) is 0 Å². The summed E-state index contributed by atoms with van der Waals surface area (Å²) in [7, 11) is 0. The minimum absolute atomic E-state index is 0.259. The highest BCUT2D eigenvalue weighted by Gasteiger charge is 2.33. The van der Waals surface area contributed by atoms with Crippen LogP contribution < -0.4 is 0 Å². The highest BCUT2D eigenvalue weighted by molar-refractivity contribution is 9.10. The predicted molar refractivity (Wildman–Crippen MR) is 52.7 cm³/mol. The number of nitro groups is 1. The summed E-state index contributed by atoms with van der Waals surface area (Å²) < 4.78 is 48.8. The molecule has 0 saturated heterocycles. The van der Waals surface area contributed by atoms with Crippen molar-refractivity contribution < 1.29 is 22.5 Å². The molecule has 0 aliphatic rings. The molecule has 88 valence electrons. The molecule has 0 aliphatic carbocycles. The lowest BCUT2D eigenvalue weighted by atomic mass is 10.3. The second-order valence-electron chi connectivity index (χ2n) is 2.54. The van der Waals surface area contributed by atoms with Crippen LogP contribution in [0.1, 0.15) is 0 Å². The first-order chi connectivity index (χ1) is 7.20. The number of alkyl halides is 3. The van der Waals surface area contributed by atoms with Gasteiger partial charge in [-0.1, -0.05) is 0 Å². The lowest BCUT2D eigenvalue weighted by molar-refractivity contribution is -0.387. The van der Waals surface area contributed by atoms with Gasteiger partial charge in [-0.15, -0.1) is 0 Å². The topological polar surface area (TPSA) is 43.1 Å². The molecule has 0 radical (unpaired) electrons. The molecule has 0 aromatic heterocycles. The number of benzene rings is 1. The highest BCUT2D eigenvalue weighted by Crippen LogP contribution is 2.42. The van der Waals surface area contributed by atoms with Gasteiger partial charge in [0.25, 0.3) is 5.69 Å². The fourth-order valence-corrected chi connectivity index (χ4v) is 1.85. The van der Waals surface area contributed by atoms with Gasteiger partial charge in [0, 0.05) is 6.07 Å². The first-order valence-corrected chi connectivity index (χ1v) is 5.21. The van der Waals surface area contributed by atoms with E-state index in [-0.39, 0.29) is 4.47 Å². The van der Waals surface area contributed by atoms with E-state index >= 15 is 0 Å². The van der Waals surface area contributed by atoms with Crippen LogP contribution in [0.2, 0.25) is 0 Å². The van der Waals surface area contributed by atoms with Crippen molar-refractivity contribution in [3.05, 3.63) is 32.5 Å². The van der Waals surface area contributed by atoms with E-state index < -0.39 is 38.6 Å². The molecular formula is C7H2BrF4NO2S. The van der Waals surface area contributed by atoms with Crippen molar-refractivity contribution in [3.63, 3.8) is 0 Å². The zero-order valence-corrected chi connectivity index (χ0v) is 9.62. The average Bonchev–Trinajstić information content (AvgIpc) is 2.07. The Morgan fingerprint density at radius 2 is 1.94 bits per heavy atom. The van der Waals surface area contributed by atoms with Gasteiger partial charge in [-0.25, -0.2) is 4.39 Å². The Morgan fingerprint density at radius 3 is 2.38 bits per heavy atom. The van der Waals surface area contributed by atoms with E-state index in [1.54, 1.807) is 0 Å². The summed E-state index contributed by atoms with van der Waals surface area (Å²) in [6, 6.07) is 1.17. The maximum Gasteiger partial charge on any atom is 0.446 e. The summed E-state index contributed by atoms with van der Waals surface area (Å²) in [6.45, 7) is 0. The molecule has 0 unspecified atom stereocenters. The molecule has 0 fully saturated rings. The lowest BCUT2D eigenvalue weighted by Gasteiger charge is -2.06. The summed E-state index contributed by atoms with van der Waals surface area (Å²) in [4.78, 5) is 8.67. The Bertz CT molecular complexity index is 437. The molecule has 0 bridgehead atoms. The third-order valence-electron chi connectivity index (χ3n) is 1.42. The van der Waals surface area contributed by atoms with Gasteiger partial charge in [-0.3, -0.25) is 10.1 Å². The first-order valence-electron chi connectivity index (χ1n) is 3.60. The molecule has 0 spiro atoms. The zero-order valence-electron chi connectivity index (χ0n) is 7.22. The molecule has 1 rings (SSSR count). The summed E-state index contributed by atoms with van der Waals surface area (Å²) in [5, 5.41) is 10.5. The minimum Gasteiger partial charge on any atom is -0.258 e. The number of rotatable bonds is 2. The molecule has 0 N–H and O–H groups in total. The van der Waals surface area contributed by atoms with E-state index in [1.165, 1.54) is 0 Å². The van der Waals surface area contributed by atoms with Crippen LogP contribution in [0.15, 0.2) is 21.5 Å². The Kier molecular flexibility index (Phi) is 3.79. The number of halogens is 5. The number of nitro benzene ring substituents is 1. The van der Waals surface area contributed by atoms with Gasteiger partial charge in [0.2, 0.25) is 0 Å².